The number of fused-ring (bicyclic) bond motifs is 9. The first-order chi connectivity index (χ1) is 27.2. The van der Waals surface area contributed by atoms with Gasteiger partial charge in [0.2, 0.25) is 0 Å². The van der Waals surface area contributed by atoms with Gasteiger partial charge in [-0.1, -0.05) is 175 Å². The second-order valence-electron chi connectivity index (χ2n) is 14.2. The lowest BCUT2D eigenvalue weighted by Crippen LogP contribution is -2.11. The van der Waals surface area contributed by atoms with Gasteiger partial charge >= 0.3 is 0 Å². The summed E-state index contributed by atoms with van der Waals surface area (Å²) in [6.07, 6.45) is 4.55. The molecule has 2 aliphatic heterocycles. The van der Waals surface area contributed by atoms with E-state index < -0.39 is 0 Å². The Morgan fingerprint density at radius 3 is 1.37 bits per heavy atom. The molecule has 3 nitrogen and oxygen atoms in total. The van der Waals surface area contributed by atoms with Gasteiger partial charge in [0.05, 0.1) is 11.0 Å². The molecule has 1 aromatic heterocycles. The molecule has 3 heterocycles. The normalized spacial score (nSPS) is 11.8. The molecule has 0 radical (unpaired) electrons. The van der Waals surface area contributed by atoms with Crippen LogP contribution in [-0.4, -0.2) is 11.5 Å². The van der Waals surface area contributed by atoms with Crippen molar-refractivity contribution < 1.29 is 4.74 Å². The van der Waals surface area contributed by atoms with Gasteiger partial charge in [-0.15, -0.1) is 0 Å². The summed E-state index contributed by atoms with van der Waals surface area (Å²) in [5.41, 5.74) is 13.2. The smallest absolute Gasteiger partial charge is 0.130 e. The van der Waals surface area contributed by atoms with Crippen LogP contribution in [0.5, 0.6) is 11.5 Å². The van der Waals surface area contributed by atoms with Gasteiger partial charge in [0.1, 0.15) is 11.5 Å². The summed E-state index contributed by atoms with van der Waals surface area (Å²) in [6, 6.07) is 65.4. The van der Waals surface area contributed by atoms with Crippen molar-refractivity contribution in [1.29, 1.82) is 0 Å². The van der Waals surface area contributed by atoms with E-state index in [-0.39, 0.29) is 29.7 Å². The van der Waals surface area contributed by atoms with Gasteiger partial charge in [-0.2, -0.15) is 0 Å². The van der Waals surface area contributed by atoms with Gasteiger partial charge in [-0.3, -0.25) is 0 Å². The minimum absolute atomic E-state index is 0. The summed E-state index contributed by atoms with van der Waals surface area (Å²) in [6.45, 7) is 1.12. The van der Waals surface area contributed by atoms with E-state index in [1.807, 2.05) is 60.7 Å². The molecular weight excluding hydrogens is 717 g/mol. The minimum Gasteiger partial charge on any atom is -0.457 e. The molecule has 3 heteroatoms. The maximum Gasteiger partial charge on any atom is 0.130 e. The van der Waals surface area contributed by atoms with Crippen molar-refractivity contribution >= 4 is 38.3 Å². The summed E-state index contributed by atoms with van der Waals surface area (Å²) >= 11 is 0. The van der Waals surface area contributed by atoms with E-state index in [9.17, 15) is 0 Å². The van der Waals surface area contributed by atoms with Crippen LogP contribution < -0.4 is 10.1 Å². The molecule has 0 saturated carbocycles. The van der Waals surface area contributed by atoms with Gasteiger partial charge in [-0.05, 0) is 111 Å². The van der Waals surface area contributed by atoms with Crippen molar-refractivity contribution in [3.05, 3.63) is 216 Å². The molecular formula is C56H58N2O. The highest BCUT2D eigenvalue weighted by molar-refractivity contribution is 5.92. The molecule has 0 saturated heterocycles. The lowest BCUT2D eigenvalue weighted by molar-refractivity contribution is 0.460. The van der Waals surface area contributed by atoms with Crippen LogP contribution in [0, 0.1) is 0 Å². The lowest BCUT2D eigenvalue weighted by atomic mass is 9.99. The topological polar surface area (TPSA) is 34.1 Å². The van der Waals surface area contributed by atoms with Crippen LogP contribution in [-0.2, 0) is 19.3 Å². The molecule has 12 rings (SSSR count). The Hall–Kier alpha value is -6.71. The van der Waals surface area contributed by atoms with E-state index in [2.05, 4.69) is 138 Å². The molecule has 0 fully saturated rings. The number of hydrogen-bond acceptors (Lipinski definition) is 3. The Bertz CT molecular complexity index is 2490. The van der Waals surface area contributed by atoms with Gasteiger partial charge < -0.3 is 10.1 Å². The number of nitrogens with one attached hydrogen (secondary N) is 1. The zero-order valence-electron chi connectivity index (χ0n) is 30.8. The third-order valence-corrected chi connectivity index (χ3v) is 10.6. The van der Waals surface area contributed by atoms with Gasteiger partial charge in [-0.25, -0.2) is 4.98 Å². The van der Waals surface area contributed by atoms with Gasteiger partial charge in [0.15, 0.2) is 0 Å². The van der Waals surface area contributed by atoms with Crippen LogP contribution in [0.15, 0.2) is 188 Å². The fourth-order valence-electron chi connectivity index (χ4n) is 7.78. The van der Waals surface area contributed by atoms with Gasteiger partial charge in [0, 0.05) is 29.4 Å². The summed E-state index contributed by atoms with van der Waals surface area (Å²) in [5, 5.41) is 8.55. The molecule has 0 amide bonds. The number of rotatable bonds is 0. The largest absolute Gasteiger partial charge is 0.457 e. The summed E-state index contributed by atoms with van der Waals surface area (Å²) < 4.78 is 5.78. The second-order valence-corrected chi connectivity index (χ2v) is 14.2. The number of para-hydroxylation sites is 4. The van der Waals surface area contributed by atoms with E-state index in [4.69, 9.17) is 4.74 Å². The van der Waals surface area contributed by atoms with Crippen LogP contribution >= 0.6 is 0 Å². The molecule has 8 aromatic carbocycles. The van der Waals surface area contributed by atoms with E-state index in [0.29, 0.717) is 0 Å². The van der Waals surface area contributed by atoms with Crippen molar-refractivity contribution in [2.24, 2.45) is 0 Å². The predicted molar refractivity (Wildman–Crippen MR) is 257 cm³/mol. The van der Waals surface area contributed by atoms with E-state index >= 15 is 0 Å². The van der Waals surface area contributed by atoms with Crippen molar-refractivity contribution in [3.8, 4) is 22.6 Å². The maximum atomic E-state index is 5.78. The number of benzene rings is 8. The quantitative estimate of drug-likeness (QED) is 0.156. The Morgan fingerprint density at radius 1 is 0.390 bits per heavy atom. The molecule has 3 aliphatic rings. The predicted octanol–water partition coefficient (Wildman–Crippen LogP) is 15.8. The highest BCUT2D eigenvalue weighted by Crippen LogP contribution is 2.37. The van der Waals surface area contributed by atoms with Crippen molar-refractivity contribution in [2.75, 3.05) is 11.9 Å². The Balaban J connectivity index is 0.000000146. The molecule has 1 aliphatic carbocycles. The first kappa shape index (κ1) is 43.4. The van der Waals surface area contributed by atoms with Crippen LogP contribution in [0.3, 0.4) is 0 Å². The Morgan fingerprint density at radius 2 is 0.814 bits per heavy atom. The Kier molecular flexibility index (Phi) is 14.8. The first-order valence-corrected chi connectivity index (χ1v) is 19.3. The van der Waals surface area contributed by atoms with E-state index in [1.165, 1.54) is 79.0 Å². The first-order valence-electron chi connectivity index (χ1n) is 19.3. The molecule has 298 valence electrons. The number of aromatic nitrogens is 1. The van der Waals surface area contributed by atoms with Crippen LogP contribution in [0.1, 0.15) is 63.9 Å². The number of ether oxygens (including phenoxy) is 1. The summed E-state index contributed by atoms with van der Waals surface area (Å²) in [4.78, 5) is 4.58. The molecule has 1 N–H and O–H groups in total. The van der Waals surface area contributed by atoms with E-state index in [1.54, 1.807) is 0 Å². The van der Waals surface area contributed by atoms with Crippen LogP contribution in [0.25, 0.3) is 43.7 Å². The lowest BCUT2D eigenvalue weighted by Gasteiger charge is -2.19. The number of pyridine rings is 1. The number of nitrogens with zero attached hydrogens (tertiary/aromatic N) is 1. The fourth-order valence-corrected chi connectivity index (χ4v) is 7.78. The fraction of sp³-hybridized carbons (Fsp3) is 0.161. The monoisotopic (exact) mass is 774 g/mol. The van der Waals surface area contributed by atoms with Crippen molar-refractivity contribution in [1.82, 2.24) is 4.98 Å². The number of aryl methyl sites for hydroxylation is 1. The zero-order valence-corrected chi connectivity index (χ0v) is 30.8. The summed E-state index contributed by atoms with van der Waals surface area (Å²) in [5.74, 6) is 1.98. The molecule has 9 aromatic rings. The average Bonchev–Trinajstić information content (AvgIpc) is 3.64. The van der Waals surface area contributed by atoms with Crippen molar-refractivity contribution in [3.63, 3.8) is 0 Å². The second kappa shape index (κ2) is 20.1. The highest BCUT2D eigenvalue weighted by Gasteiger charge is 2.16. The number of anilines is 1. The maximum absolute atomic E-state index is 5.78. The average molecular weight is 775 g/mol. The van der Waals surface area contributed by atoms with E-state index in [0.717, 1.165) is 41.9 Å². The molecule has 0 spiro atoms. The molecule has 0 bridgehead atoms. The summed E-state index contributed by atoms with van der Waals surface area (Å²) in [7, 11) is 0. The van der Waals surface area contributed by atoms with Crippen LogP contribution in [0.4, 0.5) is 5.69 Å². The molecule has 0 atom stereocenters. The standard InChI is InChI=1S/C13H9N.C13H13N.C13H10O.C13H10.4CH4/c1-3-7-12-10(5-1)9-11-6-2-4-8-13(11)14-12;1-2-5-11-9-13-12(6-3-7-14-13)8-10(11)4-1;1-3-7-12-10(5-1)9-11-6-2-4-8-13(11)14-12;1-3-7-12-10(5-1)9-11-6-2-4-8-13(11)12;;;;/h1-9H;1-2,4-5,8-9,14H,3,6-7H2;1-8H,9H2;1-8H,9H2;4*1H4. The Labute approximate surface area is 352 Å². The molecule has 59 heavy (non-hydrogen) atoms. The van der Waals surface area contributed by atoms with Gasteiger partial charge in [0.25, 0.3) is 0 Å². The zero-order chi connectivity index (χ0) is 36.8. The molecule has 0 unspecified atom stereocenters. The number of hydrogen-bond donors (Lipinski definition) is 1. The third-order valence-electron chi connectivity index (χ3n) is 10.6. The highest BCUT2D eigenvalue weighted by atomic mass is 16.5. The SMILES string of the molecule is C.C.C.C.c1ccc2c(c1)Cc1ccccc1-2.c1ccc2c(c1)Cc1ccccc1O2.c1ccc2cc3c(cc2c1)CCCN3.c1ccc2nc3ccccc3cc2c1. The van der Waals surface area contributed by atoms with Crippen LogP contribution in [0.2, 0.25) is 0 Å². The van der Waals surface area contributed by atoms with Crippen molar-refractivity contribution in [2.45, 2.75) is 55.4 Å². The minimum atomic E-state index is 0. The third kappa shape index (κ3) is 9.71.